The Bertz CT molecular complexity index is 503. The maximum Gasteiger partial charge on any atom is 0.228 e. The smallest absolute Gasteiger partial charge is 0.228 e. The number of nitrogens with one attached hydrogen (secondary N) is 1. The van der Waals surface area contributed by atoms with Crippen LogP contribution in [0.15, 0.2) is 36.4 Å². The van der Waals surface area contributed by atoms with Gasteiger partial charge in [-0.25, -0.2) is 0 Å². The molecule has 0 bridgehead atoms. The molecule has 1 saturated carbocycles. The van der Waals surface area contributed by atoms with E-state index in [1.54, 1.807) is 0 Å². The Balaban J connectivity index is 1.62. The molecule has 1 N–H and O–H groups in total. The quantitative estimate of drug-likeness (QED) is 0.819. The number of rotatable bonds is 3. The van der Waals surface area contributed by atoms with E-state index in [1.165, 1.54) is 31.2 Å². The van der Waals surface area contributed by atoms with Gasteiger partial charge in [0.1, 0.15) is 0 Å². The first-order valence-corrected chi connectivity index (χ1v) is 7.86. The summed E-state index contributed by atoms with van der Waals surface area (Å²) in [4.78, 5) is 12.4. The molecule has 0 aliphatic heterocycles. The molecule has 0 heterocycles. The van der Waals surface area contributed by atoms with E-state index >= 15 is 0 Å². The van der Waals surface area contributed by atoms with Gasteiger partial charge in [0.15, 0.2) is 0 Å². The molecule has 1 amide bonds. The second-order valence-corrected chi connectivity index (χ2v) is 6.02. The molecule has 2 nitrogen and oxygen atoms in total. The maximum absolute atomic E-state index is 12.4. The molecule has 0 unspecified atom stereocenters. The third-order valence-electron chi connectivity index (χ3n) is 4.68. The predicted molar refractivity (Wildman–Crippen MR) is 82.5 cm³/mol. The van der Waals surface area contributed by atoms with Crippen molar-refractivity contribution < 1.29 is 4.79 Å². The monoisotopic (exact) mass is 269 g/mol. The average Bonchev–Trinajstić information content (AvgIpc) is 3.11. The molecule has 1 aromatic rings. The molecule has 3 atom stereocenters. The minimum absolute atomic E-state index is 0.204. The molecule has 0 aromatic heterocycles. The highest BCUT2D eigenvalue weighted by Crippen LogP contribution is 2.51. The van der Waals surface area contributed by atoms with E-state index in [9.17, 15) is 4.79 Å². The molecular formula is C18H23NO. The maximum atomic E-state index is 12.4. The highest BCUT2D eigenvalue weighted by atomic mass is 16.2. The summed E-state index contributed by atoms with van der Waals surface area (Å²) in [5.74, 6) is 1.48. The molecule has 2 aliphatic rings. The Hall–Kier alpha value is -1.57. The average molecular weight is 269 g/mol. The first-order chi connectivity index (χ1) is 9.79. The van der Waals surface area contributed by atoms with Gasteiger partial charge in [-0.15, -0.1) is 0 Å². The second kappa shape index (κ2) is 5.82. The van der Waals surface area contributed by atoms with Crippen molar-refractivity contribution in [1.29, 1.82) is 0 Å². The van der Waals surface area contributed by atoms with E-state index < -0.39 is 0 Å². The fourth-order valence-corrected chi connectivity index (χ4v) is 3.35. The minimum atomic E-state index is 0.204. The van der Waals surface area contributed by atoms with Crippen molar-refractivity contribution in [1.82, 2.24) is 0 Å². The summed E-state index contributed by atoms with van der Waals surface area (Å²) < 4.78 is 0. The lowest BCUT2D eigenvalue weighted by molar-refractivity contribution is -0.117. The topological polar surface area (TPSA) is 29.1 Å². The number of amides is 1. The van der Waals surface area contributed by atoms with Crippen LogP contribution in [0.5, 0.6) is 0 Å². The van der Waals surface area contributed by atoms with Crippen molar-refractivity contribution in [3.8, 4) is 0 Å². The van der Waals surface area contributed by atoms with Crippen molar-refractivity contribution >= 4 is 11.6 Å². The summed E-state index contributed by atoms with van der Waals surface area (Å²) in [6.07, 6.45) is 10.5. The van der Waals surface area contributed by atoms with Crippen LogP contribution in [0, 0.1) is 17.8 Å². The first-order valence-electron chi connectivity index (χ1n) is 7.86. The molecule has 0 radical (unpaired) electrons. The fourth-order valence-electron chi connectivity index (χ4n) is 3.35. The Morgan fingerprint density at radius 3 is 2.80 bits per heavy atom. The lowest BCUT2D eigenvalue weighted by Gasteiger charge is -2.05. The highest BCUT2D eigenvalue weighted by Gasteiger charge is 2.52. The van der Waals surface area contributed by atoms with Gasteiger partial charge in [0, 0.05) is 11.6 Å². The largest absolute Gasteiger partial charge is 0.326 e. The molecule has 3 rings (SSSR count). The zero-order valence-electron chi connectivity index (χ0n) is 12.1. The molecule has 1 aromatic carbocycles. The summed E-state index contributed by atoms with van der Waals surface area (Å²) in [7, 11) is 0. The number of allylic oxidation sites excluding steroid dienone is 2. The molecule has 106 valence electrons. The summed E-state index contributed by atoms with van der Waals surface area (Å²) in [5.41, 5.74) is 2.23. The number of carbonyl (C=O) groups is 1. The Morgan fingerprint density at radius 2 is 2.05 bits per heavy atom. The zero-order chi connectivity index (χ0) is 13.9. The molecule has 2 heteroatoms. The van der Waals surface area contributed by atoms with Crippen molar-refractivity contribution in [2.45, 2.75) is 39.0 Å². The van der Waals surface area contributed by atoms with Gasteiger partial charge in [-0.1, -0.05) is 37.6 Å². The Morgan fingerprint density at radius 1 is 1.25 bits per heavy atom. The molecule has 0 spiro atoms. The standard InChI is InChI=1S/C18H23NO/c1-2-13-9-11-14(12-10-13)19-18(20)17-15-7-5-3-4-6-8-16(15)17/h5,7,9-12,15-17H,2-4,6,8H2,1H3,(H,19,20)/t15-,16+,17-/m1/s1. The van der Waals surface area contributed by atoms with Crippen LogP contribution in [0.3, 0.4) is 0 Å². The van der Waals surface area contributed by atoms with Crippen LogP contribution in [0.2, 0.25) is 0 Å². The van der Waals surface area contributed by atoms with E-state index in [0.717, 1.165) is 12.1 Å². The number of hydrogen-bond donors (Lipinski definition) is 1. The lowest BCUT2D eigenvalue weighted by atomic mass is 10.1. The van der Waals surface area contributed by atoms with E-state index in [1.807, 2.05) is 12.1 Å². The zero-order valence-corrected chi connectivity index (χ0v) is 12.1. The van der Waals surface area contributed by atoms with E-state index in [4.69, 9.17) is 0 Å². The van der Waals surface area contributed by atoms with Crippen LogP contribution in [0.25, 0.3) is 0 Å². The van der Waals surface area contributed by atoms with E-state index in [-0.39, 0.29) is 11.8 Å². The molecular weight excluding hydrogens is 246 g/mol. The number of benzene rings is 1. The van der Waals surface area contributed by atoms with Crippen LogP contribution < -0.4 is 5.32 Å². The van der Waals surface area contributed by atoms with Crippen LogP contribution in [-0.2, 0) is 11.2 Å². The summed E-state index contributed by atoms with van der Waals surface area (Å²) >= 11 is 0. The van der Waals surface area contributed by atoms with Crippen molar-refractivity contribution in [2.75, 3.05) is 5.32 Å². The van der Waals surface area contributed by atoms with Gasteiger partial charge in [0.2, 0.25) is 5.91 Å². The summed E-state index contributed by atoms with van der Waals surface area (Å²) in [5, 5.41) is 3.08. The van der Waals surface area contributed by atoms with Crippen LogP contribution in [-0.4, -0.2) is 5.91 Å². The molecule has 20 heavy (non-hydrogen) atoms. The molecule has 1 fully saturated rings. The second-order valence-electron chi connectivity index (χ2n) is 6.02. The summed E-state index contributed by atoms with van der Waals surface area (Å²) in [6, 6.07) is 8.20. The normalized spacial score (nSPS) is 28.1. The highest BCUT2D eigenvalue weighted by molar-refractivity contribution is 5.95. The van der Waals surface area contributed by atoms with E-state index in [0.29, 0.717) is 11.8 Å². The SMILES string of the molecule is CCc1ccc(NC(=O)[C@@H]2[C@@H]3C=CCCCC[C@@H]32)cc1. The van der Waals surface area contributed by atoms with Gasteiger partial charge < -0.3 is 5.32 Å². The van der Waals surface area contributed by atoms with Gasteiger partial charge in [-0.05, 0) is 55.2 Å². The number of fused-ring (bicyclic) bond motifs is 1. The van der Waals surface area contributed by atoms with Crippen LogP contribution >= 0.6 is 0 Å². The number of carbonyl (C=O) groups excluding carboxylic acids is 1. The lowest BCUT2D eigenvalue weighted by Crippen LogP contribution is -2.15. The first kappa shape index (κ1) is 13.4. The number of anilines is 1. The summed E-state index contributed by atoms with van der Waals surface area (Å²) in [6.45, 7) is 2.14. The molecule has 0 saturated heterocycles. The molecule has 2 aliphatic carbocycles. The van der Waals surface area contributed by atoms with Crippen molar-refractivity contribution in [3.05, 3.63) is 42.0 Å². The van der Waals surface area contributed by atoms with E-state index in [2.05, 4.69) is 36.5 Å². The Labute approximate surface area is 121 Å². The third-order valence-corrected chi connectivity index (χ3v) is 4.68. The van der Waals surface area contributed by atoms with Gasteiger partial charge in [-0.2, -0.15) is 0 Å². The van der Waals surface area contributed by atoms with Gasteiger partial charge in [-0.3, -0.25) is 4.79 Å². The fraction of sp³-hybridized carbons (Fsp3) is 0.500. The van der Waals surface area contributed by atoms with Crippen LogP contribution in [0.1, 0.15) is 38.2 Å². The van der Waals surface area contributed by atoms with Crippen molar-refractivity contribution in [3.63, 3.8) is 0 Å². The van der Waals surface area contributed by atoms with Gasteiger partial charge in [0.25, 0.3) is 0 Å². The van der Waals surface area contributed by atoms with Crippen LogP contribution in [0.4, 0.5) is 5.69 Å². The minimum Gasteiger partial charge on any atom is -0.326 e. The Kier molecular flexibility index (Phi) is 3.90. The predicted octanol–water partition coefficient (Wildman–Crippen LogP) is 4.18. The third kappa shape index (κ3) is 2.79. The van der Waals surface area contributed by atoms with Gasteiger partial charge >= 0.3 is 0 Å². The number of aryl methyl sites for hydroxylation is 1. The number of hydrogen-bond acceptors (Lipinski definition) is 1. The van der Waals surface area contributed by atoms with Gasteiger partial charge in [0.05, 0.1) is 0 Å². The van der Waals surface area contributed by atoms with Crippen molar-refractivity contribution in [2.24, 2.45) is 17.8 Å².